The van der Waals surface area contributed by atoms with Crippen molar-refractivity contribution in [2.75, 3.05) is 33.0 Å². The number of hydrogen-bond acceptors (Lipinski definition) is 5. The summed E-state index contributed by atoms with van der Waals surface area (Å²) in [6.45, 7) is 4.57. The third-order valence-corrected chi connectivity index (χ3v) is 6.37. The molecule has 6 nitrogen and oxygen atoms in total. The number of rotatable bonds is 12. The van der Waals surface area contributed by atoms with Gasteiger partial charge in [0.25, 0.3) is 0 Å². The fourth-order valence-corrected chi connectivity index (χ4v) is 4.53. The Balaban J connectivity index is 1.86. The van der Waals surface area contributed by atoms with Gasteiger partial charge in [-0.1, -0.05) is 0 Å². The molecule has 0 saturated heterocycles. The molecule has 0 fully saturated rings. The van der Waals surface area contributed by atoms with Crippen LogP contribution in [0.5, 0.6) is 5.75 Å². The van der Waals surface area contributed by atoms with Crippen LogP contribution in [-0.2, 0) is 9.47 Å². The van der Waals surface area contributed by atoms with Crippen LogP contribution >= 0.6 is 15.9 Å². The van der Waals surface area contributed by atoms with E-state index in [2.05, 4.69) is 15.9 Å². The Morgan fingerprint density at radius 1 is 1.00 bits per heavy atom. The molecule has 0 amide bonds. The predicted octanol–water partition coefficient (Wildman–Crippen LogP) is 2.75. The molecule has 1 radical (unpaired) electrons. The van der Waals surface area contributed by atoms with Crippen molar-refractivity contribution < 1.29 is 28.9 Å². The first kappa shape index (κ1) is 22.6. The summed E-state index contributed by atoms with van der Waals surface area (Å²) in [5, 5.41) is 9.32. The second-order valence-corrected chi connectivity index (χ2v) is 8.81. The zero-order valence-electron chi connectivity index (χ0n) is 15.4. The molecule has 0 spiro atoms. The topological polar surface area (TPSA) is 82.1 Å². The van der Waals surface area contributed by atoms with Crippen LogP contribution in [0, 0.1) is 0 Å². The fourth-order valence-electron chi connectivity index (χ4n) is 2.23. The molecule has 0 atom stereocenters. The second-order valence-electron chi connectivity index (χ2n) is 5.57. The average Bonchev–Trinajstić information content (AvgIpc) is 2.69. The van der Waals surface area contributed by atoms with Gasteiger partial charge < -0.3 is 0 Å². The van der Waals surface area contributed by atoms with E-state index in [-0.39, 0.29) is 10.1 Å². The van der Waals surface area contributed by atoms with E-state index < -0.39 is 21.7 Å². The van der Waals surface area contributed by atoms with E-state index in [0.29, 0.717) is 53.2 Å². The number of carboxylic acid groups (broad SMARTS) is 1. The zero-order chi connectivity index (χ0) is 20.4. The minimum atomic E-state index is -1.04. The van der Waals surface area contributed by atoms with Crippen LogP contribution in [0.3, 0.4) is 0 Å². The van der Waals surface area contributed by atoms with Crippen LogP contribution in [0.4, 0.5) is 0 Å². The molecule has 0 bridgehead atoms. The summed E-state index contributed by atoms with van der Waals surface area (Å²) in [6, 6.07) is 11.8. The average molecular weight is 512 g/mol. The maximum absolute atomic E-state index is 12.5. The number of halogens is 1. The van der Waals surface area contributed by atoms with Crippen LogP contribution in [-0.4, -0.2) is 64.4 Å². The van der Waals surface area contributed by atoms with Crippen molar-refractivity contribution in [3.05, 3.63) is 58.1 Å². The number of hydrogen-bond donors (Lipinski definition) is 1. The molecule has 0 heterocycles. The van der Waals surface area contributed by atoms with Gasteiger partial charge in [0.2, 0.25) is 0 Å². The predicted molar refractivity (Wildman–Crippen MR) is 110 cm³/mol. The maximum atomic E-state index is 12.5. The summed E-state index contributed by atoms with van der Waals surface area (Å²) in [5.74, 6) is -0.386. The van der Waals surface area contributed by atoms with Crippen molar-refractivity contribution in [3.8, 4) is 5.75 Å². The number of ether oxygens (including phenoxy) is 3. The van der Waals surface area contributed by atoms with Gasteiger partial charge >= 0.3 is 166 Å². The number of carbonyl (C=O) groups excluding carboxylic acids is 1. The summed E-state index contributed by atoms with van der Waals surface area (Å²) in [7, 11) is 0. The molecule has 2 aromatic rings. The molecule has 2 aromatic carbocycles. The summed E-state index contributed by atoms with van der Waals surface area (Å²) < 4.78 is 17.3. The fraction of sp³-hybridized carbons (Fsp3) is 0.300. The van der Waals surface area contributed by atoms with Crippen molar-refractivity contribution in [1.82, 2.24) is 0 Å². The van der Waals surface area contributed by atoms with Crippen LogP contribution in [0.2, 0.25) is 0 Å². The van der Waals surface area contributed by atoms with Gasteiger partial charge in [-0.05, 0) is 6.92 Å². The van der Waals surface area contributed by atoms with E-state index in [1.807, 2.05) is 6.92 Å². The van der Waals surface area contributed by atoms with Gasteiger partial charge in [-0.15, -0.1) is 0 Å². The van der Waals surface area contributed by atoms with Gasteiger partial charge in [0.05, 0.1) is 0 Å². The minimum absolute atomic E-state index is 0.0631. The monoisotopic (exact) mass is 511 g/mol. The van der Waals surface area contributed by atoms with Crippen molar-refractivity contribution in [2.45, 2.75) is 6.92 Å². The van der Waals surface area contributed by atoms with E-state index in [4.69, 9.17) is 14.2 Å². The van der Waals surface area contributed by atoms with E-state index >= 15 is 0 Å². The Bertz CT molecular complexity index is 794. The van der Waals surface area contributed by atoms with Crippen molar-refractivity contribution in [3.63, 3.8) is 0 Å². The SMILES string of the molecule is CCOCCOCCOc1ccc(C(=O)[As]c2ccc(Br)cc2C(=O)O)cc1. The Hall–Kier alpha value is -1.66. The molecule has 0 aliphatic heterocycles. The Labute approximate surface area is 179 Å². The number of carboxylic acids is 1. The van der Waals surface area contributed by atoms with E-state index in [1.165, 1.54) is 6.07 Å². The Morgan fingerprint density at radius 2 is 1.68 bits per heavy atom. The Morgan fingerprint density at radius 3 is 2.36 bits per heavy atom. The summed E-state index contributed by atoms with van der Waals surface area (Å²) in [5.41, 5.74) is 0.701. The van der Waals surface area contributed by atoms with Crippen LogP contribution in [0.25, 0.3) is 0 Å². The van der Waals surface area contributed by atoms with Crippen LogP contribution in [0.15, 0.2) is 46.9 Å². The molecule has 28 heavy (non-hydrogen) atoms. The quantitative estimate of drug-likeness (QED) is 0.348. The molecular formula is C20H21AsBrO6. The van der Waals surface area contributed by atoms with Gasteiger partial charge in [-0.25, -0.2) is 0 Å². The molecule has 0 saturated carbocycles. The van der Waals surface area contributed by atoms with E-state index in [9.17, 15) is 14.7 Å². The first-order valence-corrected chi connectivity index (χ1v) is 11.4. The summed E-state index contributed by atoms with van der Waals surface area (Å²) >= 11 is 2.30. The zero-order valence-corrected chi connectivity index (χ0v) is 18.9. The van der Waals surface area contributed by atoms with Crippen LogP contribution < -0.4 is 9.09 Å². The molecule has 0 aliphatic carbocycles. The van der Waals surface area contributed by atoms with Crippen LogP contribution in [0.1, 0.15) is 27.6 Å². The van der Waals surface area contributed by atoms with Crippen molar-refractivity contribution in [2.24, 2.45) is 0 Å². The molecular weight excluding hydrogens is 491 g/mol. The third-order valence-electron chi connectivity index (χ3n) is 3.58. The first-order valence-electron chi connectivity index (χ1n) is 8.68. The third kappa shape index (κ3) is 7.40. The Kier molecular flexibility index (Phi) is 9.71. The number of benzene rings is 2. The van der Waals surface area contributed by atoms with Gasteiger partial charge in [0.1, 0.15) is 0 Å². The van der Waals surface area contributed by atoms with Crippen molar-refractivity contribution >= 4 is 46.6 Å². The van der Waals surface area contributed by atoms with E-state index in [0.717, 1.165) is 0 Å². The molecule has 0 unspecified atom stereocenters. The van der Waals surface area contributed by atoms with Gasteiger partial charge in [-0.2, -0.15) is 0 Å². The molecule has 0 aromatic heterocycles. The van der Waals surface area contributed by atoms with Gasteiger partial charge in [-0.3, -0.25) is 0 Å². The standard InChI is InChI=1S/C20H21AsBrO6/c1-2-26-9-10-27-11-12-28-16-6-3-14(4-7-16)19(23)21-18-8-5-15(22)13-17(18)20(24)25/h3-8,13H,2,9-12H2,1H3,(H,24,25). The number of carbonyl (C=O) groups is 2. The molecule has 2 rings (SSSR count). The molecule has 0 aliphatic rings. The summed E-state index contributed by atoms with van der Waals surface area (Å²) in [6.07, 6.45) is 0. The van der Waals surface area contributed by atoms with Gasteiger partial charge in [0.15, 0.2) is 0 Å². The normalized spacial score (nSPS) is 11.1. The summed E-state index contributed by atoms with van der Waals surface area (Å²) in [4.78, 5) is 23.9. The second kappa shape index (κ2) is 12.0. The number of aromatic carboxylic acids is 1. The van der Waals surface area contributed by atoms with Crippen molar-refractivity contribution in [1.29, 1.82) is 0 Å². The molecule has 1 N–H and O–H groups in total. The first-order chi connectivity index (χ1) is 13.5. The van der Waals surface area contributed by atoms with Gasteiger partial charge in [0, 0.05) is 6.61 Å². The molecule has 149 valence electrons. The van der Waals surface area contributed by atoms with E-state index in [1.54, 1.807) is 36.4 Å². The molecule has 8 heteroatoms.